The zero-order valence-electron chi connectivity index (χ0n) is 23.7. The molecule has 42 heavy (non-hydrogen) atoms. The molecule has 0 spiro atoms. The van der Waals surface area contributed by atoms with Crippen molar-refractivity contribution in [3.63, 3.8) is 0 Å². The molecule has 6 heteroatoms. The summed E-state index contributed by atoms with van der Waals surface area (Å²) in [5, 5.41) is 20.1. The molecule has 1 heterocycles. The highest BCUT2D eigenvalue weighted by Gasteiger charge is 2.32. The van der Waals surface area contributed by atoms with Gasteiger partial charge in [-0.1, -0.05) is 53.9 Å². The lowest BCUT2D eigenvalue weighted by Gasteiger charge is -2.45. The first-order valence-electron chi connectivity index (χ1n) is 13.9. The molecule has 0 radical (unpaired) electrons. The Hall–Kier alpha value is -4.73. The zero-order chi connectivity index (χ0) is 29.6. The number of terminal acetylenes is 1. The van der Waals surface area contributed by atoms with Crippen LogP contribution in [-0.4, -0.2) is 24.5 Å². The molecule has 208 valence electrons. The van der Waals surface area contributed by atoms with Crippen LogP contribution in [0.15, 0.2) is 91.0 Å². The summed E-state index contributed by atoms with van der Waals surface area (Å²) < 4.78 is 6.23. The minimum Gasteiger partial charge on any atom is -0.486 e. The Morgan fingerprint density at radius 2 is 1.50 bits per heavy atom. The van der Waals surface area contributed by atoms with E-state index in [1.807, 2.05) is 85.8 Å². The SMILES string of the molecule is C#Cc1ccc([C@@H](C)Oc2ccc(N3CCN([C@H](C)c4ccc(C#N)cc4)C[C@H]3c3ccc(Cl)cc3)c(C#N)c2)cc1. The van der Waals surface area contributed by atoms with Gasteiger partial charge >= 0.3 is 0 Å². The maximum Gasteiger partial charge on any atom is 0.121 e. The lowest BCUT2D eigenvalue weighted by Crippen LogP contribution is -2.49. The number of hydrogen-bond acceptors (Lipinski definition) is 5. The van der Waals surface area contributed by atoms with Gasteiger partial charge < -0.3 is 9.64 Å². The second kappa shape index (κ2) is 12.8. The quantitative estimate of drug-likeness (QED) is 0.212. The first-order valence-corrected chi connectivity index (χ1v) is 14.3. The summed E-state index contributed by atoms with van der Waals surface area (Å²) in [6, 6.07) is 34.0. The van der Waals surface area contributed by atoms with Gasteiger partial charge in [0, 0.05) is 42.3 Å². The first-order chi connectivity index (χ1) is 20.4. The van der Waals surface area contributed by atoms with Gasteiger partial charge in [0.25, 0.3) is 0 Å². The molecule has 0 amide bonds. The van der Waals surface area contributed by atoms with E-state index in [1.54, 1.807) is 0 Å². The van der Waals surface area contributed by atoms with Crippen LogP contribution >= 0.6 is 11.6 Å². The second-order valence-electron chi connectivity index (χ2n) is 10.5. The third-order valence-corrected chi connectivity index (χ3v) is 8.25. The normalized spacial score (nSPS) is 16.5. The van der Waals surface area contributed by atoms with E-state index < -0.39 is 0 Å². The number of halogens is 1. The monoisotopic (exact) mass is 570 g/mol. The summed E-state index contributed by atoms with van der Waals surface area (Å²) in [4.78, 5) is 4.77. The molecule has 1 aliphatic heterocycles. The number of anilines is 1. The van der Waals surface area contributed by atoms with Gasteiger partial charge in [0.1, 0.15) is 17.9 Å². The molecule has 3 atom stereocenters. The van der Waals surface area contributed by atoms with Crippen LogP contribution < -0.4 is 9.64 Å². The van der Waals surface area contributed by atoms with Crippen LogP contribution in [0.3, 0.4) is 0 Å². The highest BCUT2D eigenvalue weighted by Crippen LogP contribution is 2.37. The summed E-state index contributed by atoms with van der Waals surface area (Å²) in [5.74, 6) is 3.27. The molecular weight excluding hydrogens is 540 g/mol. The van der Waals surface area contributed by atoms with E-state index in [9.17, 15) is 10.5 Å². The minimum absolute atomic E-state index is 0.00399. The molecule has 5 nitrogen and oxygen atoms in total. The van der Waals surface area contributed by atoms with Crippen molar-refractivity contribution in [3.05, 3.63) is 129 Å². The van der Waals surface area contributed by atoms with Crippen LogP contribution in [0.2, 0.25) is 5.02 Å². The number of nitrogens with zero attached hydrogens (tertiary/aromatic N) is 4. The number of benzene rings is 4. The van der Waals surface area contributed by atoms with Gasteiger partial charge in [-0.2, -0.15) is 10.5 Å². The molecule has 0 aromatic heterocycles. The average Bonchev–Trinajstić information content (AvgIpc) is 3.04. The smallest absolute Gasteiger partial charge is 0.121 e. The van der Waals surface area contributed by atoms with Gasteiger partial charge in [-0.15, -0.1) is 6.42 Å². The molecule has 1 aliphatic rings. The second-order valence-corrected chi connectivity index (χ2v) is 10.9. The Morgan fingerprint density at radius 1 is 0.833 bits per heavy atom. The molecule has 1 saturated heterocycles. The van der Waals surface area contributed by atoms with Gasteiger partial charge in [-0.3, -0.25) is 4.90 Å². The Morgan fingerprint density at radius 3 is 2.14 bits per heavy atom. The summed E-state index contributed by atoms with van der Waals surface area (Å²) >= 11 is 6.24. The fraction of sp³-hybridized carbons (Fsp3) is 0.222. The van der Waals surface area contributed by atoms with E-state index in [0.29, 0.717) is 21.9 Å². The molecular formula is C36H31ClN4O. The number of nitriles is 2. The Balaban J connectivity index is 1.41. The fourth-order valence-electron chi connectivity index (χ4n) is 5.51. The van der Waals surface area contributed by atoms with Crippen molar-refractivity contribution in [2.45, 2.75) is 32.0 Å². The van der Waals surface area contributed by atoms with Crippen LogP contribution in [-0.2, 0) is 0 Å². The van der Waals surface area contributed by atoms with E-state index >= 15 is 0 Å². The van der Waals surface area contributed by atoms with Crippen molar-refractivity contribution < 1.29 is 4.74 Å². The molecule has 0 saturated carbocycles. The summed E-state index contributed by atoms with van der Waals surface area (Å²) in [5.41, 5.74) is 6.22. The van der Waals surface area contributed by atoms with Gasteiger partial charge in [0.2, 0.25) is 0 Å². The number of piperazine rings is 1. The predicted octanol–water partition coefficient (Wildman–Crippen LogP) is 7.83. The molecule has 0 aliphatic carbocycles. The number of hydrogen-bond donors (Lipinski definition) is 0. The Labute approximate surface area is 253 Å². The molecule has 0 N–H and O–H groups in total. The first kappa shape index (κ1) is 28.8. The predicted molar refractivity (Wildman–Crippen MR) is 167 cm³/mol. The van der Waals surface area contributed by atoms with Crippen LogP contribution in [0.4, 0.5) is 5.69 Å². The van der Waals surface area contributed by atoms with Crippen molar-refractivity contribution in [3.8, 4) is 30.2 Å². The summed E-state index contributed by atoms with van der Waals surface area (Å²) in [6.45, 7) is 6.50. The molecule has 4 aromatic carbocycles. The molecule has 0 unspecified atom stereocenters. The van der Waals surface area contributed by atoms with E-state index in [0.717, 1.165) is 42.0 Å². The topological polar surface area (TPSA) is 63.3 Å². The van der Waals surface area contributed by atoms with Crippen LogP contribution in [0.1, 0.15) is 65.4 Å². The van der Waals surface area contributed by atoms with Crippen LogP contribution in [0.5, 0.6) is 5.75 Å². The molecule has 1 fully saturated rings. The van der Waals surface area contributed by atoms with Crippen LogP contribution in [0, 0.1) is 35.0 Å². The van der Waals surface area contributed by atoms with E-state index in [-0.39, 0.29) is 18.2 Å². The lowest BCUT2D eigenvalue weighted by molar-refractivity contribution is 0.171. The Kier molecular flexibility index (Phi) is 8.80. The number of rotatable bonds is 7. The standard InChI is InChI=1S/C36H31ClN4O/c1-4-27-5-11-30(12-6-27)26(3)42-34-17-18-35(32(21-34)23-39)41-20-19-40(24-36(41)31-13-15-33(37)16-14-31)25(2)29-9-7-28(22-38)8-10-29/h1,5-18,21,25-26,36H,19-20,24H2,2-3H3/t25-,26-,36+/m1/s1. The third-order valence-electron chi connectivity index (χ3n) is 7.99. The highest BCUT2D eigenvalue weighted by molar-refractivity contribution is 6.30. The van der Waals surface area contributed by atoms with Gasteiger partial charge in [0.15, 0.2) is 0 Å². The summed E-state index contributed by atoms with van der Waals surface area (Å²) in [7, 11) is 0. The average molecular weight is 571 g/mol. The van der Waals surface area contributed by atoms with Crippen molar-refractivity contribution in [1.29, 1.82) is 10.5 Å². The van der Waals surface area contributed by atoms with Crippen molar-refractivity contribution in [1.82, 2.24) is 4.90 Å². The van der Waals surface area contributed by atoms with Gasteiger partial charge in [-0.05, 0) is 79.1 Å². The van der Waals surface area contributed by atoms with E-state index in [2.05, 4.69) is 46.9 Å². The molecule has 4 aromatic rings. The van der Waals surface area contributed by atoms with Crippen molar-refractivity contribution in [2.24, 2.45) is 0 Å². The van der Waals surface area contributed by atoms with E-state index in [1.165, 1.54) is 5.56 Å². The maximum absolute atomic E-state index is 10.2. The third kappa shape index (κ3) is 6.27. The maximum atomic E-state index is 10.2. The summed E-state index contributed by atoms with van der Waals surface area (Å²) in [6.07, 6.45) is 5.28. The molecule has 5 rings (SSSR count). The molecule has 0 bridgehead atoms. The fourth-order valence-corrected chi connectivity index (χ4v) is 5.64. The lowest BCUT2D eigenvalue weighted by atomic mass is 9.97. The number of ether oxygens (including phenoxy) is 1. The van der Waals surface area contributed by atoms with E-state index in [4.69, 9.17) is 22.8 Å². The van der Waals surface area contributed by atoms with Gasteiger partial charge in [-0.25, -0.2) is 0 Å². The van der Waals surface area contributed by atoms with Crippen LogP contribution in [0.25, 0.3) is 0 Å². The highest BCUT2D eigenvalue weighted by atomic mass is 35.5. The Bertz CT molecular complexity index is 1660. The minimum atomic E-state index is -0.205. The zero-order valence-corrected chi connectivity index (χ0v) is 24.4. The largest absolute Gasteiger partial charge is 0.486 e. The van der Waals surface area contributed by atoms with Gasteiger partial charge in [0.05, 0.1) is 28.9 Å². The van der Waals surface area contributed by atoms with Crippen molar-refractivity contribution >= 4 is 17.3 Å². The van der Waals surface area contributed by atoms with Crippen molar-refractivity contribution in [2.75, 3.05) is 24.5 Å².